The van der Waals surface area contributed by atoms with Gasteiger partial charge in [-0.2, -0.15) is 0 Å². The summed E-state index contributed by atoms with van der Waals surface area (Å²) in [6, 6.07) is 13.3. The number of aliphatic hydroxyl groups excluding tert-OH is 1. The minimum atomic E-state index is -1.14. The lowest BCUT2D eigenvalue weighted by Gasteiger charge is -2.25. The van der Waals surface area contributed by atoms with Crippen LogP contribution >= 0.6 is 11.6 Å². The fraction of sp³-hybridized carbons (Fsp3) is 0.400. The highest BCUT2D eigenvalue weighted by atomic mass is 35.5. The van der Waals surface area contributed by atoms with Crippen LogP contribution in [0.15, 0.2) is 47.5 Å². The maximum atomic E-state index is 15.1. The van der Waals surface area contributed by atoms with Gasteiger partial charge in [0.25, 0.3) is 0 Å². The fourth-order valence-electron chi connectivity index (χ4n) is 5.42. The number of aromatic amines is 1. The van der Waals surface area contributed by atoms with Gasteiger partial charge in [0.2, 0.25) is 6.35 Å². The number of guanidine groups is 1. The van der Waals surface area contributed by atoms with Crippen LogP contribution in [0.1, 0.15) is 56.3 Å². The van der Waals surface area contributed by atoms with Crippen molar-refractivity contribution in [3.8, 4) is 11.3 Å². The molecule has 2 aromatic carbocycles. The molecule has 8 N–H and O–H groups in total. The Kier molecular flexibility index (Phi) is 8.94. The summed E-state index contributed by atoms with van der Waals surface area (Å²) >= 11 is 6.25. The molecule has 0 aliphatic carbocycles. The predicted molar refractivity (Wildman–Crippen MR) is 159 cm³/mol. The average molecular weight is 582 g/mol. The van der Waals surface area contributed by atoms with Crippen LogP contribution < -0.4 is 32.4 Å². The van der Waals surface area contributed by atoms with Crippen molar-refractivity contribution in [2.24, 2.45) is 16.5 Å². The van der Waals surface area contributed by atoms with E-state index in [-0.39, 0.29) is 29.2 Å². The van der Waals surface area contributed by atoms with Crippen molar-refractivity contribution < 1.29 is 14.2 Å². The molecule has 0 radical (unpaired) electrons. The summed E-state index contributed by atoms with van der Waals surface area (Å²) in [7, 11) is 0. The van der Waals surface area contributed by atoms with Gasteiger partial charge in [-0.1, -0.05) is 23.7 Å². The number of ether oxygens (including phenoxy) is 1. The van der Waals surface area contributed by atoms with Crippen molar-refractivity contribution in [3.63, 3.8) is 0 Å². The van der Waals surface area contributed by atoms with Crippen LogP contribution in [0, 0.1) is 11.2 Å². The number of halogens is 2. The molecular weight excluding hydrogens is 545 g/mol. The van der Waals surface area contributed by atoms with Gasteiger partial charge >= 0.3 is 0 Å². The van der Waals surface area contributed by atoms with E-state index in [1.807, 2.05) is 43.3 Å². The van der Waals surface area contributed by atoms with E-state index >= 15 is 4.39 Å². The van der Waals surface area contributed by atoms with Gasteiger partial charge in [-0.05, 0) is 86.9 Å². The molecule has 3 aromatic rings. The van der Waals surface area contributed by atoms with Gasteiger partial charge in [0, 0.05) is 35.3 Å². The Labute approximate surface area is 243 Å². The maximum absolute atomic E-state index is 15.1. The van der Waals surface area contributed by atoms with E-state index < -0.39 is 12.2 Å². The van der Waals surface area contributed by atoms with E-state index in [0.717, 1.165) is 60.6 Å². The summed E-state index contributed by atoms with van der Waals surface area (Å²) < 4.78 is 21.3. The molecule has 0 bridgehead atoms. The Morgan fingerprint density at radius 3 is 2.80 bits per heavy atom. The lowest BCUT2D eigenvalue weighted by Crippen LogP contribution is -2.41. The van der Waals surface area contributed by atoms with Gasteiger partial charge in [0.1, 0.15) is 5.49 Å². The van der Waals surface area contributed by atoms with Crippen molar-refractivity contribution >= 4 is 29.4 Å². The first-order chi connectivity index (χ1) is 19.7. The van der Waals surface area contributed by atoms with Crippen LogP contribution in [-0.4, -0.2) is 41.1 Å². The lowest BCUT2D eigenvalue weighted by atomic mass is 10.0. The van der Waals surface area contributed by atoms with Gasteiger partial charge in [-0.15, -0.1) is 0 Å². The van der Waals surface area contributed by atoms with E-state index in [4.69, 9.17) is 33.2 Å². The van der Waals surface area contributed by atoms with Crippen molar-refractivity contribution in [1.82, 2.24) is 10.3 Å². The number of nitrogens with two attached hydrogens (primary N) is 2. The number of nitrogens with one attached hydrogen (secondary N) is 3. The molecule has 2 aliphatic rings. The molecule has 9 nitrogen and oxygen atoms in total. The van der Waals surface area contributed by atoms with E-state index in [1.54, 1.807) is 17.2 Å². The first-order valence-electron chi connectivity index (χ1n) is 14.0. The zero-order valence-electron chi connectivity index (χ0n) is 23.0. The highest BCUT2D eigenvalue weighted by molar-refractivity contribution is 6.31. The van der Waals surface area contributed by atoms with Gasteiger partial charge in [0.05, 0.1) is 22.9 Å². The van der Waals surface area contributed by atoms with Crippen LogP contribution in [0.4, 0.5) is 10.1 Å². The molecule has 0 saturated carbocycles. The third-order valence-corrected chi connectivity index (χ3v) is 7.83. The second kappa shape index (κ2) is 12.6. The van der Waals surface area contributed by atoms with Crippen molar-refractivity contribution in [2.45, 2.75) is 70.1 Å². The number of nitrogens with zero attached hydrogens (tertiary/aromatic N) is 2. The summed E-state index contributed by atoms with van der Waals surface area (Å²) in [5, 5.41) is 21.7. The summed E-state index contributed by atoms with van der Waals surface area (Å²) in [6.07, 6.45) is 5.95. The first kappa shape index (κ1) is 29.1. The second-order valence-corrected chi connectivity index (χ2v) is 11.3. The third-order valence-electron chi connectivity index (χ3n) is 7.55. The third kappa shape index (κ3) is 6.90. The Hall–Kier alpha value is -3.44. The molecule has 3 heterocycles. The molecule has 1 aromatic heterocycles. The minimum absolute atomic E-state index is 0.00125. The zero-order valence-corrected chi connectivity index (χ0v) is 23.8. The smallest absolute Gasteiger partial charge is 0.231 e. The van der Waals surface area contributed by atoms with E-state index in [2.05, 4.69) is 15.3 Å². The lowest BCUT2D eigenvalue weighted by molar-refractivity contribution is 0.0408. The summed E-state index contributed by atoms with van der Waals surface area (Å²) in [6.45, 7) is 2.58. The van der Waals surface area contributed by atoms with Crippen molar-refractivity contribution in [1.29, 1.82) is 5.41 Å². The summed E-state index contributed by atoms with van der Waals surface area (Å²) in [5.74, 6) is -0.531. The Morgan fingerprint density at radius 1 is 1.29 bits per heavy atom. The molecule has 0 amide bonds. The number of H-pyrrole nitrogens is 1. The number of aliphatic hydroxyl groups is 1. The number of rotatable bonds is 10. The van der Waals surface area contributed by atoms with Gasteiger partial charge in [-0.25, -0.2) is 9.38 Å². The van der Waals surface area contributed by atoms with Crippen LogP contribution in [0.2, 0.25) is 5.02 Å². The van der Waals surface area contributed by atoms with Crippen molar-refractivity contribution in [3.05, 3.63) is 75.1 Å². The molecule has 41 heavy (non-hydrogen) atoms. The molecule has 1 fully saturated rings. The van der Waals surface area contributed by atoms with E-state index in [9.17, 15) is 5.11 Å². The zero-order chi connectivity index (χ0) is 29.1. The number of aryl methyl sites for hydroxylation is 1. The molecule has 1 unspecified atom stereocenters. The molecule has 11 heteroatoms. The quantitative estimate of drug-likeness (QED) is 0.160. The molecule has 1 saturated heterocycles. The Morgan fingerprint density at radius 2 is 2.07 bits per heavy atom. The molecule has 2 aliphatic heterocycles. The largest absolute Gasteiger partial charge is 0.370 e. The number of hydrogen-bond acceptors (Lipinski definition) is 6. The maximum Gasteiger partial charge on any atom is 0.231 e. The minimum Gasteiger partial charge on any atom is -0.370 e. The van der Waals surface area contributed by atoms with Crippen molar-refractivity contribution in [2.75, 3.05) is 11.4 Å². The highest BCUT2D eigenvalue weighted by Gasteiger charge is 2.27. The van der Waals surface area contributed by atoms with Crippen LogP contribution in [0.5, 0.6) is 0 Å². The molecule has 0 spiro atoms. The van der Waals surface area contributed by atoms with Crippen LogP contribution in [0.3, 0.4) is 0 Å². The second-order valence-electron chi connectivity index (χ2n) is 10.9. The Balaban J connectivity index is 1.31. The van der Waals surface area contributed by atoms with Gasteiger partial charge < -0.3 is 36.5 Å². The monoisotopic (exact) mass is 581 g/mol. The topological polar surface area (TPSA) is 149 Å². The molecular formula is C30H37ClFN7O2. The van der Waals surface area contributed by atoms with E-state index in [1.165, 1.54) is 0 Å². The standard InChI is InChI=1S/C30H37ClFN7O2/c1-17(33)3-2-4-18-13-23(27(32)24(31)14-18)25-15-20-16-39(30(40)38-28(20)37-25)21-7-5-19(6-8-21)26-10-9-22(41-26)11-12-36-29(34)35/h5-8,13-17,22,26,30,40H,2-4,9-12,33H2,1H3,(H,37,38)(H4,34,35,36)/t17-,22-,26+,30?/m0/s1. The van der Waals surface area contributed by atoms with Crippen LogP contribution in [-0.2, 0) is 11.2 Å². The number of aromatic nitrogens is 1. The Bertz CT molecular complexity index is 1510. The molecule has 218 valence electrons. The summed E-state index contributed by atoms with van der Waals surface area (Å²) in [5.41, 5.74) is 15.4. The molecule has 4 atom stereocenters. The number of fused-ring (bicyclic) bond motifs is 1. The average Bonchev–Trinajstić information content (AvgIpc) is 3.57. The SMILES string of the molecule is C[C@H](N)CCCc1cc(Cl)c(F)c(-c2cc3c([nH]2)=NC(O)N(c2ccc([C@H]4CC[C@@H](CCNC(=N)N)O4)cc2)C=3)c1. The predicted octanol–water partition coefficient (Wildman–Crippen LogP) is 3.39. The number of benzene rings is 2. The van der Waals surface area contributed by atoms with Crippen LogP contribution in [0.25, 0.3) is 17.5 Å². The highest BCUT2D eigenvalue weighted by Crippen LogP contribution is 2.35. The number of hydrogen-bond donors (Lipinski definition) is 6. The van der Waals surface area contributed by atoms with Gasteiger partial charge in [-0.3, -0.25) is 5.41 Å². The fourth-order valence-corrected chi connectivity index (χ4v) is 5.66. The van der Waals surface area contributed by atoms with Gasteiger partial charge in [0.15, 0.2) is 11.8 Å². The summed E-state index contributed by atoms with van der Waals surface area (Å²) in [4.78, 5) is 9.23. The van der Waals surface area contributed by atoms with E-state index in [0.29, 0.717) is 23.3 Å². The molecule has 5 rings (SSSR count). The normalized spacial score (nSPS) is 20.7. The first-order valence-corrected chi connectivity index (χ1v) is 14.4. The number of anilines is 1.